The van der Waals surface area contributed by atoms with Crippen molar-refractivity contribution >= 4 is 29.2 Å². The van der Waals surface area contributed by atoms with Gasteiger partial charge in [-0.1, -0.05) is 0 Å². The third-order valence-electron chi connectivity index (χ3n) is 3.28. The second kappa shape index (κ2) is 5.51. The molecule has 6 heteroatoms. The Morgan fingerprint density at radius 2 is 1.95 bits per heavy atom. The summed E-state index contributed by atoms with van der Waals surface area (Å²) in [4.78, 5) is 11.8. The summed E-state index contributed by atoms with van der Waals surface area (Å²) < 4.78 is 9.46. The summed E-state index contributed by atoms with van der Waals surface area (Å²) in [6.07, 6.45) is 0.401. The van der Waals surface area contributed by atoms with Crippen LogP contribution in [0, 0.1) is 16.7 Å². The van der Waals surface area contributed by atoms with E-state index < -0.39 is 15.7 Å². The van der Waals surface area contributed by atoms with E-state index in [2.05, 4.69) is 0 Å². The summed E-state index contributed by atoms with van der Waals surface area (Å²) in [6, 6.07) is 8.70. The van der Waals surface area contributed by atoms with Crippen molar-refractivity contribution in [3.05, 3.63) is 29.8 Å². The van der Waals surface area contributed by atoms with Crippen LogP contribution in [0.4, 0.5) is 0 Å². The Kier molecular flexibility index (Phi) is 4.12. The highest BCUT2D eigenvalue weighted by atomic mass is 35.5. The van der Waals surface area contributed by atoms with Gasteiger partial charge in [-0.25, -0.2) is 0 Å². The smallest absolute Gasteiger partial charge is 0.315 e. The molecule has 106 valence electrons. The van der Waals surface area contributed by atoms with E-state index in [1.807, 2.05) is 6.07 Å². The van der Waals surface area contributed by atoms with Gasteiger partial charge in [0.25, 0.3) is 0 Å². The first-order valence-electron chi connectivity index (χ1n) is 6.07. The second-order valence-electron chi connectivity index (χ2n) is 4.83. The van der Waals surface area contributed by atoms with Gasteiger partial charge in [-0.15, -0.1) is 23.2 Å². The summed E-state index contributed by atoms with van der Waals surface area (Å²) in [5.41, 5.74) is -0.254. The zero-order chi connectivity index (χ0) is 14.8. The number of nitriles is 1. The fraction of sp³-hybridized carbons (Fsp3) is 0.429. The minimum Gasteiger partial charge on any atom is -0.490 e. The van der Waals surface area contributed by atoms with Gasteiger partial charge in [-0.3, -0.25) is 4.79 Å². The molecule has 20 heavy (non-hydrogen) atoms. The van der Waals surface area contributed by atoms with Crippen molar-refractivity contribution in [1.82, 2.24) is 0 Å². The van der Waals surface area contributed by atoms with Gasteiger partial charge in [0.2, 0.25) is 0 Å². The monoisotopic (exact) mass is 313 g/mol. The number of hydrogen-bond donors (Lipinski definition) is 0. The molecule has 1 atom stereocenters. The highest BCUT2D eigenvalue weighted by Crippen LogP contribution is 2.64. The molecule has 0 aromatic heterocycles. The van der Waals surface area contributed by atoms with Gasteiger partial charge in [-0.05, 0) is 31.2 Å². The SMILES string of the molecule is CC1(C(=O)OCCOc2ccc(C#N)cc2)CC1(Cl)Cl. The number of halogens is 2. The summed E-state index contributed by atoms with van der Waals surface area (Å²) in [6.45, 7) is 2.03. The number of esters is 1. The van der Waals surface area contributed by atoms with E-state index in [-0.39, 0.29) is 13.2 Å². The van der Waals surface area contributed by atoms with Gasteiger partial charge in [0.1, 0.15) is 28.7 Å². The number of alkyl halides is 2. The van der Waals surface area contributed by atoms with E-state index in [1.54, 1.807) is 31.2 Å². The number of hydrogen-bond acceptors (Lipinski definition) is 4. The lowest BCUT2D eigenvalue weighted by Gasteiger charge is -2.12. The topological polar surface area (TPSA) is 59.3 Å². The zero-order valence-electron chi connectivity index (χ0n) is 10.9. The van der Waals surface area contributed by atoms with Gasteiger partial charge >= 0.3 is 5.97 Å². The van der Waals surface area contributed by atoms with E-state index in [0.29, 0.717) is 17.7 Å². The summed E-state index contributed by atoms with van der Waals surface area (Å²) in [5.74, 6) is 0.202. The molecule has 1 saturated carbocycles. The van der Waals surface area contributed by atoms with Crippen LogP contribution in [0.5, 0.6) is 5.75 Å². The zero-order valence-corrected chi connectivity index (χ0v) is 12.4. The number of rotatable bonds is 5. The van der Waals surface area contributed by atoms with Crippen LogP contribution < -0.4 is 4.74 Å². The molecular formula is C14H13Cl2NO3. The van der Waals surface area contributed by atoms with E-state index >= 15 is 0 Å². The summed E-state index contributed by atoms with van der Waals surface area (Å²) in [7, 11) is 0. The molecule has 0 aliphatic heterocycles. The Morgan fingerprint density at radius 3 is 2.45 bits per heavy atom. The molecule has 1 aromatic rings. The maximum Gasteiger partial charge on any atom is 0.315 e. The molecule has 0 spiro atoms. The van der Waals surface area contributed by atoms with E-state index in [4.69, 9.17) is 37.9 Å². The predicted molar refractivity (Wildman–Crippen MR) is 74.8 cm³/mol. The Balaban J connectivity index is 1.72. The minimum absolute atomic E-state index is 0.123. The molecule has 1 unspecified atom stereocenters. The third-order valence-corrected chi connectivity index (χ3v) is 4.38. The lowest BCUT2D eigenvalue weighted by Crippen LogP contribution is -2.23. The van der Waals surface area contributed by atoms with Crippen LogP contribution in [0.15, 0.2) is 24.3 Å². The number of carbonyl (C=O) groups excluding carboxylic acids is 1. The first kappa shape index (κ1) is 15.0. The Hall–Kier alpha value is -1.44. The Labute approximate surface area is 127 Å². The molecule has 0 amide bonds. The van der Waals surface area contributed by atoms with Crippen molar-refractivity contribution in [1.29, 1.82) is 5.26 Å². The standard InChI is InChI=1S/C14H13Cl2NO3/c1-13(9-14(13,15)16)12(18)20-7-6-19-11-4-2-10(8-17)3-5-11/h2-5H,6-7,9H2,1H3. The van der Waals surface area contributed by atoms with Gasteiger partial charge in [0.05, 0.1) is 11.6 Å². The van der Waals surface area contributed by atoms with Crippen molar-refractivity contribution in [2.45, 2.75) is 17.7 Å². The fourth-order valence-corrected chi connectivity index (χ4v) is 2.39. The van der Waals surface area contributed by atoms with Crippen LogP contribution in [-0.4, -0.2) is 23.5 Å². The van der Waals surface area contributed by atoms with Crippen LogP contribution in [0.2, 0.25) is 0 Å². The quantitative estimate of drug-likeness (QED) is 0.476. The lowest BCUT2D eigenvalue weighted by atomic mass is 10.1. The van der Waals surface area contributed by atoms with Crippen molar-refractivity contribution in [3.63, 3.8) is 0 Å². The molecule has 2 rings (SSSR count). The van der Waals surface area contributed by atoms with Gasteiger partial charge in [0.15, 0.2) is 0 Å². The van der Waals surface area contributed by atoms with Crippen molar-refractivity contribution in [3.8, 4) is 11.8 Å². The largest absolute Gasteiger partial charge is 0.490 e. The average molecular weight is 314 g/mol. The van der Waals surface area contributed by atoms with E-state index in [9.17, 15) is 4.79 Å². The fourth-order valence-electron chi connectivity index (χ4n) is 1.70. The average Bonchev–Trinajstić information content (AvgIpc) is 2.95. The van der Waals surface area contributed by atoms with Crippen LogP contribution in [0.25, 0.3) is 0 Å². The predicted octanol–water partition coefficient (Wildman–Crippen LogP) is 3.06. The highest BCUT2D eigenvalue weighted by Gasteiger charge is 2.69. The normalized spacial score (nSPS) is 22.7. The lowest BCUT2D eigenvalue weighted by molar-refractivity contribution is -0.150. The maximum atomic E-state index is 11.8. The Morgan fingerprint density at radius 1 is 1.35 bits per heavy atom. The first-order chi connectivity index (χ1) is 9.39. The number of carbonyl (C=O) groups is 1. The van der Waals surface area contributed by atoms with E-state index in [1.165, 1.54) is 0 Å². The van der Waals surface area contributed by atoms with Gasteiger partial charge < -0.3 is 9.47 Å². The van der Waals surface area contributed by atoms with Crippen molar-refractivity contribution in [2.24, 2.45) is 5.41 Å². The molecule has 1 aromatic carbocycles. The van der Waals surface area contributed by atoms with Crippen LogP contribution in [0.1, 0.15) is 18.9 Å². The molecule has 1 fully saturated rings. The van der Waals surface area contributed by atoms with Crippen LogP contribution >= 0.6 is 23.2 Å². The van der Waals surface area contributed by atoms with Crippen LogP contribution in [0.3, 0.4) is 0 Å². The minimum atomic E-state index is -1.02. The Bertz CT molecular complexity index is 551. The first-order valence-corrected chi connectivity index (χ1v) is 6.83. The third kappa shape index (κ3) is 3.00. The molecule has 0 saturated heterocycles. The van der Waals surface area contributed by atoms with Gasteiger partial charge in [-0.2, -0.15) is 5.26 Å². The van der Waals surface area contributed by atoms with Gasteiger partial charge in [0, 0.05) is 6.42 Å². The van der Waals surface area contributed by atoms with E-state index in [0.717, 1.165) is 0 Å². The maximum absolute atomic E-state index is 11.8. The summed E-state index contributed by atoms with van der Waals surface area (Å²) >= 11 is 11.8. The molecule has 1 aliphatic carbocycles. The number of ether oxygens (including phenoxy) is 2. The van der Waals surface area contributed by atoms with Crippen molar-refractivity contribution in [2.75, 3.05) is 13.2 Å². The molecule has 4 nitrogen and oxygen atoms in total. The molecular weight excluding hydrogens is 301 g/mol. The molecule has 0 radical (unpaired) electrons. The number of benzene rings is 1. The molecule has 1 aliphatic rings. The number of nitrogens with zero attached hydrogens (tertiary/aromatic N) is 1. The van der Waals surface area contributed by atoms with Crippen LogP contribution in [-0.2, 0) is 9.53 Å². The molecule has 0 bridgehead atoms. The molecule has 0 heterocycles. The van der Waals surface area contributed by atoms with Crippen molar-refractivity contribution < 1.29 is 14.3 Å². The molecule has 0 N–H and O–H groups in total. The highest BCUT2D eigenvalue weighted by molar-refractivity contribution is 6.53. The summed E-state index contributed by atoms with van der Waals surface area (Å²) in [5, 5.41) is 8.66. The second-order valence-corrected chi connectivity index (χ2v) is 6.32.